The third-order valence-corrected chi connectivity index (χ3v) is 7.07. The molecule has 1 aromatic heterocycles. The van der Waals surface area contributed by atoms with Crippen LogP contribution >= 0.6 is 11.3 Å². The molecule has 0 radical (unpaired) electrons. The van der Waals surface area contributed by atoms with Gasteiger partial charge in [-0.3, -0.25) is 14.5 Å². The quantitative estimate of drug-likeness (QED) is 0.697. The molecule has 4 N–H and O–H groups in total. The van der Waals surface area contributed by atoms with Crippen molar-refractivity contribution >= 4 is 33.8 Å². The number of piperazine rings is 1. The number of nitrogens with two attached hydrogens (primary N) is 1. The summed E-state index contributed by atoms with van der Waals surface area (Å²) in [6.07, 6.45) is 2.84. The van der Waals surface area contributed by atoms with Crippen molar-refractivity contribution in [3.8, 4) is 5.75 Å². The molecular weight excluding hydrogens is 388 g/mol. The zero-order chi connectivity index (χ0) is 20.5. The van der Waals surface area contributed by atoms with Crippen LogP contribution in [0.1, 0.15) is 34.1 Å². The van der Waals surface area contributed by atoms with Gasteiger partial charge in [0, 0.05) is 36.7 Å². The number of rotatable bonds is 5. The average Bonchev–Trinajstić information content (AvgIpc) is 3.28. The summed E-state index contributed by atoms with van der Waals surface area (Å²) in [5.41, 5.74) is 8.18. The minimum Gasteiger partial charge on any atom is -0.508 e. The first-order valence-electron chi connectivity index (χ1n) is 9.97. The molecule has 0 spiro atoms. The Kier molecular flexibility index (Phi) is 5.47. The van der Waals surface area contributed by atoms with Gasteiger partial charge in [0.1, 0.15) is 10.8 Å². The number of carbonyl (C=O) groups is 2. The Morgan fingerprint density at radius 3 is 2.48 bits per heavy atom. The number of thiophene rings is 1. The van der Waals surface area contributed by atoms with E-state index in [9.17, 15) is 14.7 Å². The molecule has 1 saturated heterocycles. The van der Waals surface area contributed by atoms with Crippen LogP contribution in [0.15, 0.2) is 24.3 Å². The molecule has 1 aromatic carbocycles. The largest absolute Gasteiger partial charge is 0.508 e. The van der Waals surface area contributed by atoms with E-state index in [4.69, 9.17) is 5.73 Å². The molecule has 1 fully saturated rings. The number of hydrogen-bond acceptors (Lipinski definition) is 6. The first-order chi connectivity index (χ1) is 13.9. The highest BCUT2D eigenvalue weighted by Gasteiger charge is 2.29. The summed E-state index contributed by atoms with van der Waals surface area (Å²) in [5, 5.41) is 13.0. The zero-order valence-corrected chi connectivity index (χ0v) is 17.3. The Labute approximate surface area is 174 Å². The van der Waals surface area contributed by atoms with E-state index < -0.39 is 5.91 Å². The van der Waals surface area contributed by atoms with Crippen LogP contribution in [0.5, 0.6) is 5.75 Å². The van der Waals surface area contributed by atoms with Crippen molar-refractivity contribution in [2.75, 3.05) is 36.4 Å². The van der Waals surface area contributed by atoms with Gasteiger partial charge in [0.05, 0.1) is 11.6 Å². The number of hydrogen-bond donors (Lipinski definition) is 3. The number of primary amides is 1. The molecule has 1 aliphatic heterocycles. The normalized spacial score (nSPS) is 17.8. The maximum atomic E-state index is 12.9. The van der Waals surface area contributed by atoms with E-state index >= 15 is 0 Å². The number of fused-ring (bicyclic) bond motifs is 1. The molecule has 2 heterocycles. The molecular formula is C21H26N4O3S. The number of aryl methyl sites for hydroxylation is 1. The van der Waals surface area contributed by atoms with Gasteiger partial charge >= 0.3 is 0 Å². The van der Waals surface area contributed by atoms with Crippen LogP contribution in [0.25, 0.3) is 0 Å². The van der Waals surface area contributed by atoms with E-state index in [-0.39, 0.29) is 17.7 Å². The molecule has 2 aliphatic rings. The lowest BCUT2D eigenvalue weighted by atomic mass is 10.1. The predicted molar refractivity (Wildman–Crippen MR) is 115 cm³/mol. The molecule has 0 bridgehead atoms. The van der Waals surface area contributed by atoms with Gasteiger partial charge in [-0.2, -0.15) is 0 Å². The molecule has 2 amide bonds. The fraction of sp³-hybridized carbons (Fsp3) is 0.429. The summed E-state index contributed by atoms with van der Waals surface area (Å²) in [6.45, 7) is 5.04. The number of phenols is 1. The van der Waals surface area contributed by atoms with Crippen molar-refractivity contribution < 1.29 is 14.7 Å². The Hall–Kier alpha value is -2.58. The molecule has 154 valence electrons. The Morgan fingerprint density at radius 1 is 1.14 bits per heavy atom. The minimum absolute atomic E-state index is 0.106. The standard InChI is InChI=1S/C21H26N4O3S/c1-13(24-9-11-25(12-10-24)14-5-7-15(26)8-6-14)20(28)23-21-18(19(22)27)16-3-2-4-17(16)29-21/h5-8,13,26H,2-4,9-12H2,1H3,(H2,22,27)(H,23,28)/t13-/m0/s1. The van der Waals surface area contributed by atoms with E-state index in [2.05, 4.69) is 15.1 Å². The van der Waals surface area contributed by atoms with Crippen molar-refractivity contribution in [3.05, 3.63) is 40.3 Å². The van der Waals surface area contributed by atoms with Crippen molar-refractivity contribution in [3.63, 3.8) is 0 Å². The van der Waals surface area contributed by atoms with E-state index in [1.54, 1.807) is 12.1 Å². The van der Waals surface area contributed by atoms with Crippen molar-refractivity contribution in [2.45, 2.75) is 32.2 Å². The van der Waals surface area contributed by atoms with E-state index in [0.717, 1.165) is 56.7 Å². The number of amides is 2. The topological polar surface area (TPSA) is 98.9 Å². The molecule has 1 aliphatic carbocycles. The molecule has 7 nitrogen and oxygen atoms in total. The summed E-state index contributed by atoms with van der Waals surface area (Å²) in [5.74, 6) is -0.312. The maximum Gasteiger partial charge on any atom is 0.251 e. The predicted octanol–water partition coefficient (Wildman–Crippen LogP) is 2.19. The maximum absolute atomic E-state index is 12.9. The average molecular weight is 415 g/mol. The van der Waals surface area contributed by atoms with Crippen LogP contribution < -0.4 is 16.0 Å². The highest BCUT2D eigenvalue weighted by Crippen LogP contribution is 2.39. The van der Waals surface area contributed by atoms with Crippen molar-refractivity contribution in [1.29, 1.82) is 0 Å². The van der Waals surface area contributed by atoms with Gasteiger partial charge in [0.15, 0.2) is 0 Å². The van der Waals surface area contributed by atoms with Gasteiger partial charge in [-0.05, 0) is 56.0 Å². The van der Waals surface area contributed by atoms with Crippen LogP contribution in [0.3, 0.4) is 0 Å². The van der Waals surface area contributed by atoms with Gasteiger partial charge in [0.2, 0.25) is 5.91 Å². The minimum atomic E-state index is -0.463. The molecule has 0 saturated carbocycles. The Bertz CT molecular complexity index is 917. The summed E-state index contributed by atoms with van der Waals surface area (Å²) in [6, 6.07) is 6.89. The zero-order valence-electron chi connectivity index (χ0n) is 16.5. The second-order valence-corrected chi connectivity index (χ2v) is 8.74. The summed E-state index contributed by atoms with van der Waals surface area (Å²) in [7, 11) is 0. The smallest absolute Gasteiger partial charge is 0.251 e. The van der Waals surface area contributed by atoms with Crippen LogP contribution in [0.4, 0.5) is 10.7 Å². The van der Waals surface area contributed by atoms with E-state index in [1.165, 1.54) is 16.2 Å². The van der Waals surface area contributed by atoms with E-state index in [1.807, 2.05) is 19.1 Å². The second-order valence-electron chi connectivity index (χ2n) is 7.63. The molecule has 8 heteroatoms. The van der Waals surface area contributed by atoms with Crippen LogP contribution in [0.2, 0.25) is 0 Å². The molecule has 0 unspecified atom stereocenters. The first-order valence-corrected chi connectivity index (χ1v) is 10.8. The highest BCUT2D eigenvalue weighted by molar-refractivity contribution is 7.17. The highest BCUT2D eigenvalue weighted by atomic mass is 32.1. The number of carbonyl (C=O) groups excluding carboxylic acids is 2. The SMILES string of the molecule is C[C@@H](C(=O)Nc1sc2c(c1C(N)=O)CCC2)N1CCN(c2ccc(O)cc2)CC1. The van der Waals surface area contributed by atoms with Crippen LogP contribution in [0, 0.1) is 0 Å². The van der Waals surface area contributed by atoms with Crippen LogP contribution in [-0.4, -0.2) is 54.0 Å². The lowest BCUT2D eigenvalue weighted by Gasteiger charge is -2.38. The lowest BCUT2D eigenvalue weighted by molar-refractivity contribution is -0.120. The summed E-state index contributed by atoms with van der Waals surface area (Å²) < 4.78 is 0. The number of anilines is 2. The molecule has 29 heavy (non-hydrogen) atoms. The molecule has 2 aromatic rings. The Balaban J connectivity index is 1.38. The number of aromatic hydroxyl groups is 1. The fourth-order valence-electron chi connectivity index (χ4n) is 4.17. The van der Waals surface area contributed by atoms with Gasteiger partial charge in [0.25, 0.3) is 5.91 Å². The van der Waals surface area contributed by atoms with Crippen LogP contribution in [-0.2, 0) is 17.6 Å². The van der Waals surface area contributed by atoms with Gasteiger partial charge in [-0.15, -0.1) is 11.3 Å². The van der Waals surface area contributed by atoms with Crippen molar-refractivity contribution in [2.24, 2.45) is 5.73 Å². The summed E-state index contributed by atoms with van der Waals surface area (Å²) >= 11 is 1.49. The van der Waals surface area contributed by atoms with Gasteiger partial charge < -0.3 is 21.1 Å². The number of benzene rings is 1. The fourth-order valence-corrected chi connectivity index (χ4v) is 5.46. The third kappa shape index (κ3) is 3.95. The van der Waals surface area contributed by atoms with Gasteiger partial charge in [-0.25, -0.2) is 0 Å². The monoisotopic (exact) mass is 414 g/mol. The van der Waals surface area contributed by atoms with Crippen molar-refractivity contribution in [1.82, 2.24) is 4.90 Å². The third-order valence-electron chi connectivity index (χ3n) is 5.86. The number of phenolic OH excluding ortho intramolecular Hbond substituents is 1. The molecule has 1 atom stereocenters. The lowest BCUT2D eigenvalue weighted by Crippen LogP contribution is -2.52. The molecule has 4 rings (SSSR count). The van der Waals surface area contributed by atoms with E-state index in [0.29, 0.717) is 10.6 Å². The number of nitrogens with one attached hydrogen (secondary N) is 1. The first kappa shape index (κ1) is 19.7. The summed E-state index contributed by atoms with van der Waals surface area (Å²) in [4.78, 5) is 30.4. The Morgan fingerprint density at radius 2 is 1.83 bits per heavy atom. The number of nitrogens with zero attached hydrogens (tertiary/aromatic N) is 2. The van der Waals surface area contributed by atoms with Gasteiger partial charge in [-0.1, -0.05) is 0 Å². The second kappa shape index (κ2) is 8.04.